The molecule has 0 heterocycles. The van der Waals surface area contributed by atoms with Gasteiger partial charge in [0.05, 0.1) is 6.10 Å². The third-order valence-corrected chi connectivity index (χ3v) is 3.44. The van der Waals surface area contributed by atoms with Crippen LogP contribution in [-0.4, -0.2) is 19.7 Å². The highest BCUT2D eigenvalue weighted by molar-refractivity contribution is 6.30. The summed E-state index contributed by atoms with van der Waals surface area (Å²) in [5.41, 5.74) is 1.14. The molecule has 1 aromatic rings. The zero-order valence-electron chi connectivity index (χ0n) is 9.58. The van der Waals surface area contributed by atoms with Crippen molar-refractivity contribution >= 4 is 11.6 Å². The molecule has 0 aromatic heterocycles. The minimum atomic E-state index is 0.0966. The molecule has 1 saturated carbocycles. The molecule has 16 heavy (non-hydrogen) atoms. The quantitative estimate of drug-likeness (QED) is 0.852. The van der Waals surface area contributed by atoms with Crippen molar-refractivity contribution in [3.05, 3.63) is 34.9 Å². The summed E-state index contributed by atoms with van der Waals surface area (Å²) in [6, 6.07) is 8.57. The maximum absolute atomic E-state index is 5.97. The molecule has 0 radical (unpaired) electrons. The lowest BCUT2D eigenvalue weighted by Crippen LogP contribution is -2.37. The van der Waals surface area contributed by atoms with Crippen LogP contribution < -0.4 is 5.32 Å². The fraction of sp³-hybridized carbons (Fsp3) is 0.538. The van der Waals surface area contributed by atoms with Crippen molar-refractivity contribution in [3.63, 3.8) is 0 Å². The largest absolute Gasteiger partial charge is 0.375 e. The number of hydrogen-bond acceptors (Lipinski definition) is 2. The zero-order valence-corrected chi connectivity index (χ0v) is 10.3. The van der Waals surface area contributed by atoms with Crippen molar-refractivity contribution in [3.8, 4) is 0 Å². The lowest BCUT2D eigenvalue weighted by molar-refractivity contribution is 0.0956. The van der Waals surface area contributed by atoms with Gasteiger partial charge in [-0.05, 0) is 30.5 Å². The third-order valence-electron chi connectivity index (χ3n) is 3.20. The normalized spacial score (nSPS) is 18.1. The van der Waals surface area contributed by atoms with Crippen LogP contribution in [-0.2, 0) is 4.74 Å². The summed E-state index contributed by atoms with van der Waals surface area (Å²) in [7, 11) is 1.74. The van der Waals surface area contributed by atoms with Crippen molar-refractivity contribution in [1.82, 2.24) is 5.32 Å². The maximum atomic E-state index is 5.97. The van der Waals surface area contributed by atoms with Gasteiger partial charge in [0.2, 0.25) is 0 Å². The smallest absolute Gasteiger partial charge is 0.0946 e. The fourth-order valence-electron chi connectivity index (χ4n) is 1.93. The predicted octanol–water partition coefficient (Wildman–Crippen LogP) is 3.17. The molecule has 1 atom stereocenters. The van der Waals surface area contributed by atoms with Crippen molar-refractivity contribution in [2.75, 3.05) is 13.7 Å². The minimum Gasteiger partial charge on any atom is -0.375 e. The molecular formula is C13H18ClNO. The lowest BCUT2D eigenvalue weighted by atomic mass is 9.93. The fourth-order valence-corrected chi connectivity index (χ4v) is 2.13. The third kappa shape index (κ3) is 2.97. The first-order valence-electron chi connectivity index (χ1n) is 5.81. The molecular weight excluding hydrogens is 222 g/mol. The summed E-state index contributed by atoms with van der Waals surface area (Å²) >= 11 is 5.97. The molecule has 88 valence electrons. The van der Waals surface area contributed by atoms with Crippen molar-refractivity contribution in [1.29, 1.82) is 0 Å². The molecule has 1 unspecified atom stereocenters. The van der Waals surface area contributed by atoms with Crippen LogP contribution in [0, 0.1) is 0 Å². The molecule has 1 aliphatic rings. The first-order chi connectivity index (χ1) is 7.79. The van der Waals surface area contributed by atoms with E-state index in [0.717, 1.165) is 17.1 Å². The van der Waals surface area contributed by atoms with E-state index in [1.807, 2.05) is 18.2 Å². The second-order valence-electron chi connectivity index (χ2n) is 4.32. The van der Waals surface area contributed by atoms with Crippen LogP contribution in [0.4, 0.5) is 0 Å². The lowest BCUT2D eigenvalue weighted by Gasteiger charge is -2.28. The molecule has 0 aliphatic heterocycles. The van der Waals surface area contributed by atoms with E-state index >= 15 is 0 Å². The van der Waals surface area contributed by atoms with Gasteiger partial charge in [-0.1, -0.05) is 30.2 Å². The van der Waals surface area contributed by atoms with Crippen LogP contribution in [0.25, 0.3) is 0 Å². The summed E-state index contributed by atoms with van der Waals surface area (Å²) < 4.78 is 5.49. The number of ether oxygens (including phenoxy) is 1. The Kier molecular flexibility index (Phi) is 4.22. The van der Waals surface area contributed by atoms with Gasteiger partial charge in [-0.3, -0.25) is 0 Å². The van der Waals surface area contributed by atoms with Crippen LogP contribution >= 0.6 is 11.6 Å². The number of rotatable bonds is 5. The van der Waals surface area contributed by atoms with Gasteiger partial charge < -0.3 is 10.1 Å². The summed E-state index contributed by atoms with van der Waals surface area (Å²) in [6.45, 7) is 0.863. The zero-order chi connectivity index (χ0) is 11.4. The summed E-state index contributed by atoms with van der Waals surface area (Å²) in [6.07, 6.45) is 4.05. The van der Waals surface area contributed by atoms with Crippen LogP contribution in [0.15, 0.2) is 24.3 Å². The van der Waals surface area contributed by atoms with Crippen LogP contribution in [0.1, 0.15) is 30.9 Å². The number of methoxy groups -OCH3 is 1. The van der Waals surface area contributed by atoms with Gasteiger partial charge in [0.25, 0.3) is 0 Å². The van der Waals surface area contributed by atoms with E-state index in [1.165, 1.54) is 19.3 Å². The highest BCUT2D eigenvalue weighted by atomic mass is 35.5. The van der Waals surface area contributed by atoms with Crippen LogP contribution in [0.5, 0.6) is 0 Å². The van der Waals surface area contributed by atoms with Gasteiger partial charge in [0, 0.05) is 24.7 Å². The van der Waals surface area contributed by atoms with Gasteiger partial charge in [0.15, 0.2) is 0 Å². The molecule has 0 amide bonds. The molecule has 0 bridgehead atoms. The topological polar surface area (TPSA) is 21.3 Å². The average Bonchev–Trinajstić information content (AvgIpc) is 2.22. The number of hydrogen-bond donors (Lipinski definition) is 1. The Bertz CT molecular complexity index is 338. The van der Waals surface area contributed by atoms with E-state index in [0.29, 0.717) is 6.04 Å². The Morgan fingerprint density at radius 2 is 2.31 bits per heavy atom. The molecule has 0 spiro atoms. The van der Waals surface area contributed by atoms with Crippen molar-refractivity contribution in [2.45, 2.75) is 31.4 Å². The monoisotopic (exact) mass is 239 g/mol. The molecule has 3 heteroatoms. The van der Waals surface area contributed by atoms with E-state index in [-0.39, 0.29) is 6.10 Å². The molecule has 1 aliphatic carbocycles. The minimum absolute atomic E-state index is 0.0966. The van der Waals surface area contributed by atoms with Gasteiger partial charge in [-0.25, -0.2) is 0 Å². The van der Waals surface area contributed by atoms with Gasteiger partial charge in [0.1, 0.15) is 0 Å². The van der Waals surface area contributed by atoms with Gasteiger partial charge in [-0.15, -0.1) is 0 Å². The number of nitrogens with one attached hydrogen (secondary N) is 1. The number of halogens is 1. The summed E-state index contributed by atoms with van der Waals surface area (Å²) in [4.78, 5) is 0. The molecule has 2 nitrogen and oxygen atoms in total. The number of benzene rings is 1. The molecule has 1 N–H and O–H groups in total. The standard InChI is InChI=1S/C13H18ClNO/c1-16-13(9-15-12-6-3-7-12)10-4-2-5-11(14)8-10/h2,4-5,8,12-13,15H,3,6-7,9H2,1H3. The van der Waals surface area contributed by atoms with E-state index < -0.39 is 0 Å². The van der Waals surface area contributed by atoms with Crippen LogP contribution in [0.3, 0.4) is 0 Å². The van der Waals surface area contributed by atoms with Crippen molar-refractivity contribution in [2.24, 2.45) is 0 Å². The molecule has 0 saturated heterocycles. The highest BCUT2D eigenvalue weighted by Crippen LogP contribution is 2.22. The summed E-state index contributed by atoms with van der Waals surface area (Å²) in [5, 5.41) is 4.29. The first-order valence-corrected chi connectivity index (χ1v) is 6.19. The van der Waals surface area contributed by atoms with E-state index in [9.17, 15) is 0 Å². The van der Waals surface area contributed by atoms with E-state index in [4.69, 9.17) is 16.3 Å². The second kappa shape index (κ2) is 5.67. The average molecular weight is 240 g/mol. The van der Waals surface area contributed by atoms with E-state index in [1.54, 1.807) is 7.11 Å². The van der Waals surface area contributed by atoms with E-state index in [2.05, 4.69) is 11.4 Å². The summed E-state index contributed by atoms with van der Waals surface area (Å²) in [5.74, 6) is 0. The highest BCUT2D eigenvalue weighted by Gasteiger charge is 2.19. The Labute approximate surface area is 102 Å². The van der Waals surface area contributed by atoms with Crippen LogP contribution in [0.2, 0.25) is 5.02 Å². The Morgan fingerprint density at radius 3 is 2.88 bits per heavy atom. The predicted molar refractivity (Wildman–Crippen MR) is 66.8 cm³/mol. The second-order valence-corrected chi connectivity index (χ2v) is 4.75. The molecule has 1 fully saturated rings. The molecule has 2 rings (SSSR count). The van der Waals surface area contributed by atoms with Crippen molar-refractivity contribution < 1.29 is 4.74 Å². The Balaban J connectivity index is 1.92. The SMILES string of the molecule is COC(CNC1CCC1)c1cccc(Cl)c1. The maximum Gasteiger partial charge on any atom is 0.0946 e. The first kappa shape index (κ1) is 11.9. The van der Waals surface area contributed by atoms with Gasteiger partial charge in [-0.2, -0.15) is 0 Å². The van der Waals surface area contributed by atoms with Gasteiger partial charge >= 0.3 is 0 Å². The Hall–Kier alpha value is -0.570. The Morgan fingerprint density at radius 1 is 1.50 bits per heavy atom. The molecule has 1 aromatic carbocycles.